The highest BCUT2D eigenvalue weighted by molar-refractivity contribution is 6.22. The van der Waals surface area contributed by atoms with E-state index in [1.807, 2.05) is 31.2 Å². The van der Waals surface area contributed by atoms with Crippen LogP contribution in [0.15, 0.2) is 24.3 Å². The molecule has 2 saturated heterocycles. The third-order valence-electron chi connectivity index (χ3n) is 6.25. The number of imide groups is 1. The van der Waals surface area contributed by atoms with Gasteiger partial charge >= 0.3 is 0 Å². The molecule has 122 valence electrons. The molecule has 4 heteroatoms. The van der Waals surface area contributed by atoms with Crippen LogP contribution in [0.2, 0.25) is 0 Å². The number of aryl methyl sites for hydroxylation is 1. The van der Waals surface area contributed by atoms with E-state index >= 15 is 0 Å². The fraction of sp³-hybridized carbons (Fsp3) is 0.579. The van der Waals surface area contributed by atoms with Crippen LogP contribution in [0.3, 0.4) is 0 Å². The van der Waals surface area contributed by atoms with Crippen LogP contribution in [0.4, 0.5) is 5.69 Å². The maximum atomic E-state index is 13.2. The molecule has 2 atom stereocenters. The third-order valence-corrected chi connectivity index (χ3v) is 6.25. The number of anilines is 1. The number of carbonyl (C=O) groups is 2. The number of fused-ring (bicyclic) bond motifs is 2. The smallest absolute Gasteiger partial charge is 0.239 e. The number of amides is 2. The topological polar surface area (TPSA) is 40.6 Å². The standard InChI is InChI=1S/C19H24N2O2/c1-13-6-8-14(9-7-13)21-17(22)15-12-20(2)19(16(15)18(21)23)10-4-3-5-11-19/h6-9,15-16H,3-5,10-12H2,1-2H3. The van der Waals surface area contributed by atoms with Crippen LogP contribution < -0.4 is 4.90 Å². The summed E-state index contributed by atoms with van der Waals surface area (Å²) in [6, 6.07) is 7.71. The van der Waals surface area contributed by atoms with Gasteiger partial charge in [0, 0.05) is 12.1 Å². The van der Waals surface area contributed by atoms with Gasteiger partial charge in [-0.1, -0.05) is 37.0 Å². The van der Waals surface area contributed by atoms with Crippen molar-refractivity contribution < 1.29 is 9.59 Å². The molecule has 2 amide bonds. The van der Waals surface area contributed by atoms with E-state index in [2.05, 4.69) is 11.9 Å². The number of likely N-dealkylation sites (tertiary alicyclic amines) is 1. The summed E-state index contributed by atoms with van der Waals surface area (Å²) in [4.78, 5) is 29.9. The molecule has 2 aliphatic heterocycles. The number of benzene rings is 1. The quantitative estimate of drug-likeness (QED) is 0.749. The fourth-order valence-corrected chi connectivity index (χ4v) is 5.04. The van der Waals surface area contributed by atoms with Gasteiger partial charge in [0.25, 0.3) is 0 Å². The van der Waals surface area contributed by atoms with Crippen molar-refractivity contribution >= 4 is 17.5 Å². The van der Waals surface area contributed by atoms with Crippen LogP contribution in [0, 0.1) is 18.8 Å². The van der Waals surface area contributed by atoms with Crippen molar-refractivity contribution in [3.8, 4) is 0 Å². The van der Waals surface area contributed by atoms with Gasteiger partial charge in [-0.2, -0.15) is 0 Å². The Labute approximate surface area is 137 Å². The highest BCUT2D eigenvalue weighted by Gasteiger charge is 2.63. The third kappa shape index (κ3) is 2.01. The lowest BCUT2D eigenvalue weighted by Crippen LogP contribution is -2.51. The molecule has 1 aromatic rings. The summed E-state index contributed by atoms with van der Waals surface area (Å²) in [6.45, 7) is 2.73. The summed E-state index contributed by atoms with van der Waals surface area (Å²) in [5.74, 6) is -0.290. The lowest BCUT2D eigenvalue weighted by molar-refractivity contribution is -0.125. The maximum Gasteiger partial charge on any atom is 0.239 e. The summed E-state index contributed by atoms with van der Waals surface area (Å²) in [5.41, 5.74) is 1.78. The molecule has 0 aromatic heterocycles. The monoisotopic (exact) mass is 312 g/mol. The molecule has 1 saturated carbocycles. The molecule has 1 spiro atoms. The van der Waals surface area contributed by atoms with E-state index in [4.69, 9.17) is 0 Å². The van der Waals surface area contributed by atoms with Crippen LogP contribution in [0.1, 0.15) is 37.7 Å². The second-order valence-corrected chi connectivity index (χ2v) is 7.48. The molecule has 3 aliphatic rings. The Hall–Kier alpha value is -1.68. The molecule has 0 bridgehead atoms. The molecule has 4 nitrogen and oxygen atoms in total. The minimum atomic E-state index is -0.160. The first-order valence-corrected chi connectivity index (χ1v) is 8.70. The molecule has 3 fully saturated rings. The zero-order valence-corrected chi connectivity index (χ0v) is 13.9. The number of hydrogen-bond acceptors (Lipinski definition) is 3. The highest BCUT2D eigenvalue weighted by Crippen LogP contribution is 2.51. The molecule has 23 heavy (non-hydrogen) atoms. The van der Waals surface area contributed by atoms with Gasteiger partial charge < -0.3 is 0 Å². The fourth-order valence-electron chi connectivity index (χ4n) is 5.04. The molecule has 2 unspecified atom stereocenters. The lowest BCUT2D eigenvalue weighted by Gasteiger charge is -2.43. The first kappa shape index (κ1) is 14.9. The van der Waals surface area contributed by atoms with Gasteiger partial charge in [0.1, 0.15) is 0 Å². The zero-order valence-electron chi connectivity index (χ0n) is 13.9. The molecule has 0 radical (unpaired) electrons. The van der Waals surface area contributed by atoms with Crippen LogP contribution in [-0.4, -0.2) is 35.8 Å². The molecular weight excluding hydrogens is 288 g/mol. The predicted molar refractivity (Wildman–Crippen MR) is 89.1 cm³/mol. The predicted octanol–water partition coefficient (Wildman–Crippen LogP) is 2.75. The largest absolute Gasteiger partial charge is 0.299 e. The minimum Gasteiger partial charge on any atom is -0.299 e. The maximum absolute atomic E-state index is 13.2. The van der Waals surface area contributed by atoms with E-state index in [1.165, 1.54) is 24.2 Å². The highest BCUT2D eigenvalue weighted by atomic mass is 16.2. The van der Waals surface area contributed by atoms with Gasteiger partial charge in [0.05, 0.1) is 17.5 Å². The van der Waals surface area contributed by atoms with Crippen molar-refractivity contribution in [1.29, 1.82) is 0 Å². The Morgan fingerprint density at radius 3 is 2.30 bits per heavy atom. The van der Waals surface area contributed by atoms with Gasteiger partial charge in [-0.15, -0.1) is 0 Å². The van der Waals surface area contributed by atoms with E-state index in [9.17, 15) is 9.59 Å². The van der Waals surface area contributed by atoms with Crippen molar-refractivity contribution in [1.82, 2.24) is 4.90 Å². The number of rotatable bonds is 1. The zero-order chi connectivity index (χ0) is 16.2. The second-order valence-electron chi connectivity index (χ2n) is 7.48. The number of carbonyl (C=O) groups excluding carboxylic acids is 2. The molecule has 1 aromatic carbocycles. The van der Waals surface area contributed by atoms with Crippen molar-refractivity contribution in [3.63, 3.8) is 0 Å². The summed E-state index contributed by atoms with van der Waals surface area (Å²) in [7, 11) is 2.10. The van der Waals surface area contributed by atoms with Crippen LogP contribution >= 0.6 is 0 Å². The Morgan fingerprint density at radius 2 is 1.65 bits per heavy atom. The van der Waals surface area contributed by atoms with Crippen molar-refractivity contribution in [2.45, 2.75) is 44.6 Å². The normalized spacial score (nSPS) is 30.3. The first-order chi connectivity index (χ1) is 11.0. The average molecular weight is 312 g/mol. The Balaban J connectivity index is 1.72. The van der Waals surface area contributed by atoms with Gasteiger partial charge in [-0.3, -0.25) is 14.5 Å². The summed E-state index contributed by atoms with van der Waals surface area (Å²) >= 11 is 0. The van der Waals surface area contributed by atoms with Gasteiger partial charge in [-0.25, -0.2) is 4.90 Å². The summed E-state index contributed by atoms with van der Waals surface area (Å²) in [6.07, 6.45) is 5.67. The molecule has 0 N–H and O–H groups in total. The number of hydrogen-bond donors (Lipinski definition) is 0. The van der Waals surface area contributed by atoms with E-state index in [1.54, 1.807) is 0 Å². The summed E-state index contributed by atoms with van der Waals surface area (Å²) < 4.78 is 0. The van der Waals surface area contributed by atoms with Gasteiger partial charge in [0.2, 0.25) is 11.8 Å². The van der Waals surface area contributed by atoms with E-state index in [-0.39, 0.29) is 29.2 Å². The molecule has 4 rings (SSSR count). The van der Waals surface area contributed by atoms with E-state index in [0.717, 1.165) is 30.6 Å². The van der Waals surface area contributed by atoms with Crippen molar-refractivity contribution in [3.05, 3.63) is 29.8 Å². The molecule has 2 heterocycles. The van der Waals surface area contributed by atoms with Crippen LogP contribution in [0.25, 0.3) is 0 Å². The average Bonchev–Trinajstić information content (AvgIpc) is 2.96. The van der Waals surface area contributed by atoms with Crippen molar-refractivity contribution in [2.24, 2.45) is 11.8 Å². The van der Waals surface area contributed by atoms with Crippen molar-refractivity contribution in [2.75, 3.05) is 18.5 Å². The SMILES string of the molecule is Cc1ccc(N2C(=O)C3CN(C)C4(CCCCC4)C3C2=O)cc1. The second kappa shape index (κ2) is 5.17. The lowest BCUT2D eigenvalue weighted by atomic mass is 9.71. The van der Waals surface area contributed by atoms with Crippen LogP contribution in [-0.2, 0) is 9.59 Å². The number of nitrogens with zero attached hydrogens (tertiary/aromatic N) is 2. The van der Waals surface area contributed by atoms with Crippen LogP contribution in [0.5, 0.6) is 0 Å². The molecule has 1 aliphatic carbocycles. The Morgan fingerprint density at radius 1 is 1.00 bits per heavy atom. The van der Waals surface area contributed by atoms with Gasteiger partial charge in [-0.05, 0) is 38.9 Å². The molecular formula is C19H24N2O2. The Bertz CT molecular complexity index is 646. The van der Waals surface area contributed by atoms with E-state index < -0.39 is 0 Å². The Kier molecular flexibility index (Phi) is 3.34. The minimum absolute atomic E-state index is 0.00171. The summed E-state index contributed by atoms with van der Waals surface area (Å²) in [5, 5.41) is 0. The first-order valence-electron chi connectivity index (χ1n) is 8.70. The van der Waals surface area contributed by atoms with Gasteiger partial charge in [0.15, 0.2) is 0 Å². The van der Waals surface area contributed by atoms with E-state index in [0.29, 0.717) is 0 Å².